The lowest BCUT2D eigenvalue weighted by atomic mass is 10.1. The standard InChI is InChI=1S/C18H23NO3S/c1-13-8-9-14(2)17(12-13)23(20,21)19-10-11-22-18-15(3)6-5-7-16(18)4/h5-9,12,19H,10-11H2,1-4H3. The second-order valence-corrected chi connectivity index (χ2v) is 7.47. The summed E-state index contributed by atoms with van der Waals surface area (Å²) in [5.74, 6) is 0.818. The van der Waals surface area contributed by atoms with Gasteiger partial charge < -0.3 is 4.74 Å². The number of aryl methyl sites for hydroxylation is 4. The SMILES string of the molecule is Cc1ccc(C)c(S(=O)(=O)NCCOc2c(C)cccc2C)c1. The van der Waals surface area contributed by atoms with Crippen molar-refractivity contribution in [3.05, 3.63) is 58.7 Å². The summed E-state index contributed by atoms with van der Waals surface area (Å²) in [6.07, 6.45) is 0. The van der Waals surface area contributed by atoms with Crippen molar-refractivity contribution >= 4 is 10.0 Å². The van der Waals surface area contributed by atoms with Crippen LogP contribution in [0.3, 0.4) is 0 Å². The Balaban J connectivity index is 1.99. The molecule has 2 aromatic rings. The number of para-hydroxylation sites is 1. The molecule has 0 saturated heterocycles. The molecule has 0 aliphatic carbocycles. The topological polar surface area (TPSA) is 55.4 Å². The third kappa shape index (κ3) is 4.33. The summed E-state index contributed by atoms with van der Waals surface area (Å²) in [4.78, 5) is 0.324. The molecule has 4 nitrogen and oxygen atoms in total. The first-order chi connectivity index (χ1) is 10.8. The first-order valence-electron chi connectivity index (χ1n) is 7.57. The fraction of sp³-hybridized carbons (Fsp3) is 0.333. The number of nitrogens with one attached hydrogen (secondary N) is 1. The van der Waals surface area contributed by atoms with Crippen LogP contribution < -0.4 is 9.46 Å². The maximum Gasteiger partial charge on any atom is 0.240 e. The summed E-state index contributed by atoms with van der Waals surface area (Å²) >= 11 is 0. The lowest BCUT2D eigenvalue weighted by molar-refractivity contribution is 0.318. The Hall–Kier alpha value is -1.85. The molecule has 0 aliphatic heterocycles. The van der Waals surface area contributed by atoms with Crippen molar-refractivity contribution in [2.75, 3.05) is 13.2 Å². The summed E-state index contributed by atoms with van der Waals surface area (Å²) in [6.45, 7) is 8.13. The molecule has 0 bridgehead atoms. The minimum absolute atomic E-state index is 0.226. The van der Waals surface area contributed by atoms with Gasteiger partial charge in [-0.05, 0) is 56.0 Å². The highest BCUT2D eigenvalue weighted by Gasteiger charge is 2.16. The molecular formula is C18H23NO3S. The Bertz CT molecular complexity index is 778. The van der Waals surface area contributed by atoms with E-state index in [-0.39, 0.29) is 13.2 Å². The molecule has 0 fully saturated rings. The average Bonchev–Trinajstić information content (AvgIpc) is 2.48. The molecule has 2 rings (SSSR count). The summed E-state index contributed by atoms with van der Waals surface area (Å²) in [7, 11) is -3.52. The van der Waals surface area contributed by atoms with Crippen molar-refractivity contribution in [2.45, 2.75) is 32.6 Å². The molecule has 0 heterocycles. The number of benzene rings is 2. The third-order valence-electron chi connectivity index (χ3n) is 3.68. The van der Waals surface area contributed by atoms with Gasteiger partial charge in [-0.25, -0.2) is 13.1 Å². The van der Waals surface area contributed by atoms with Crippen LogP contribution in [0.4, 0.5) is 0 Å². The van der Waals surface area contributed by atoms with Crippen molar-refractivity contribution in [1.29, 1.82) is 0 Å². The zero-order valence-electron chi connectivity index (χ0n) is 14.0. The van der Waals surface area contributed by atoms with E-state index in [0.29, 0.717) is 4.90 Å². The first-order valence-corrected chi connectivity index (χ1v) is 9.05. The van der Waals surface area contributed by atoms with Crippen LogP contribution in [-0.4, -0.2) is 21.6 Å². The average molecular weight is 333 g/mol. The summed E-state index contributed by atoms with van der Waals surface area (Å²) in [6, 6.07) is 11.3. The normalized spacial score (nSPS) is 11.5. The number of sulfonamides is 1. The van der Waals surface area contributed by atoms with E-state index >= 15 is 0 Å². The number of rotatable bonds is 6. The Morgan fingerprint density at radius 3 is 2.26 bits per heavy atom. The van der Waals surface area contributed by atoms with Gasteiger partial charge in [-0.3, -0.25) is 0 Å². The third-order valence-corrected chi connectivity index (χ3v) is 5.29. The molecule has 0 spiro atoms. The van der Waals surface area contributed by atoms with E-state index in [0.717, 1.165) is 28.0 Å². The van der Waals surface area contributed by atoms with Gasteiger partial charge in [0, 0.05) is 6.54 Å². The molecule has 2 aromatic carbocycles. The van der Waals surface area contributed by atoms with Crippen molar-refractivity contribution < 1.29 is 13.2 Å². The van der Waals surface area contributed by atoms with Crippen molar-refractivity contribution in [1.82, 2.24) is 4.72 Å². The van der Waals surface area contributed by atoms with E-state index in [4.69, 9.17) is 4.74 Å². The highest BCUT2D eigenvalue weighted by molar-refractivity contribution is 7.89. The maximum atomic E-state index is 12.4. The van der Waals surface area contributed by atoms with Gasteiger partial charge in [-0.1, -0.05) is 30.3 Å². The van der Waals surface area contributed by atoms with Crippen LogP contribution >= 0.6 is 0 Å². The van der Waals surface area contributed by atoms with E-state index in [1.54, 1.807) is 13.0 Å². The highest BCUT2D eigenvalue weighted by atomic mass is 32.2. The largest absolute Gasteiger partial charge is 0.492 e. The van der Waals surface area contributed by atoms with Crippen molar-refractivity contribution in [3.63, 3.8) is 0 Å². The second kappa shape index (κ2) is 7.15. The van der Waals surface area contributed by atoms with E-state index in [2.05, 4.69) is 4.72 Å². The van der Waals surface area contributed by atoms with Crippen molar-refractivity contribution in [2.24, 2.45) is 0 Å². The van der Waals surface area contributed by atoms with Crippen LogP contribution in [0, 0.1) is 27.7 Å². The van der Waals surface area contributed by atoms with E-state index in [1.807, 2.05) is 51.1 Å². The van der Waals surface area contributed by atoms with Gasteiger partial charge in [0.1, 0.15) is 12.4 Å². The van der Waals surface area contributed by atoms with E-state index in [9.17, 15) is 8.42 Å². The Morgan fingerprint density at radius 2 is 1.61 bits per heavy atom. The number of hydrogen-bond acceptors (Lipinski definition) is 3. The zero-order chi connectivity index (χ0) is 17.0. The lowest BCUT2D eigenvalue weighted by Gasteiger charge is -2.13. The van der Waals surface area contributed by atoms with Gasteiger partial charge in [-0.15, -0.1) is 0 Å². The van der Waals surface area contributed by atoms with Gasteiger partial charge in [0.05, 0.1) is 4.90 Å². The fourth-order valence-corrected chi connectivity index (χ4v) is 3.77. The Kier molecular flexibility index (Phi) is 5.44. The molecule has 124 valence electrons. The molecule has 5 heteroatoms. The number of hydrogen-bond donors (Lipinski definition) is 1. The molecule has 1 N–H and O–H groups in total. The molecule has 0 unspecified atom stereocenters. The molecule has 0 atom stereocenters. The quantitative estimate of drug-likeness (QED) is 0.826. The van der Waals surface area contributed by atoms with Crippen LogP contribution in [0.15, 0.2) is 41.3 Å². The van der Waals surface area contributed by atoms with Gasteiger partial charge in [-0.2, -0.15) is 0 Å². The van der Waals surface area contributed by atoms with Crippen LogP contribution in [-0.2, 0) is 10.0 Å². The predicted molar refractivity (Wildman–Crippen MR) is 92.5 cm³/mol. The Labute approximate surface area is 138 Å². The van der Waals surface area contributed by atoms with Crippen LogP contribution in [0.1, 0.15) is 22.3 Å². The van der Waals surface area contributed by atoms with E-state index in [1.165, 1.54) is 0 Å². The monoisotopic (exact) mass is 333 g/mol. The minimum Gasteiger partial charge on any atom is -0.492 e. The van der Waals surface area contributed by atoms with Gasteiger partial charge >= 0.3 is 0 Å². The summed E-state index contributed by atoms with van der Waals surface area (Å²) < 4.78 is 33.1. The van der Waals surface area contributed by atoms with Crippen LogP contribution in [0.2, 0.25) is 0 Å². The maximum absolute atomic E-state index is 12.4. The first kappa shape index (κ1) is 17.5. The van der Waals surface area contributed by atoms with Crippen LogP contribution in [0.25, 0.3) is 0 Å². The minimum atomic E-state index is -3.52. The van der Waals surface area contributed by atoms with Crippen LogP contribution in [0.5, 0.6) is 5.75 Å². The smallest absolute Gasteiger partial charge is 0.240 e. The van der Waals surface area contributed by atoms with Gasteiger partial charge in [0.25, 0.3) is 0 Å². The Morgan fingerprint density at radius 1 is 0.957 bits per heavy atom. The molecule has 0 amide bonds. The summed E-state index contributed by atoms with van der Waals surface area (Å²) in [5.41, 5.74) is 3.74. The second-order valence-electron chi connectivity index (χ2n) is 5.74. The molecule has 0 aromatic heterocycles. The predicted octanol–water partition coefficient (Wildman–Crippen LogP) is 3.28. The van der Waals surface area contributed by atoms with Crippen molar-refractivity contribution in [3.8, 4) is 5.75 Å². The molecule has 23 heavy (non-hydrogen) atoms. The van der Waals surface area contributed by atoms with Gasteiger partial charge in [0.2, 0.25) is 10.0 Å². The number of ether oxygens (including phenoxy) is 1. The lowest BCUT2D eigenvalue weighted by Crippen LogP contribution is -2.29. The molecule has 0 aliphatic rings. The molecule has 0 radical (unpaired) electrons. The fourth-order valence-electron chi connectivity index (χ4n) is 2.43. The molecular weight excluding hydrogens is 310 g/mol. The van der Waals surface area contributed by atoms with E-state index < -0.39 is 10.0 Å². The zero-order valence-corrected chi connectivity index (χ0v) is 14.8. The highest BCUT2D eigenvalue weighted by Crippen LogP contribution is 2.22. The van der Waals surface area contributed by atoms with Gasteiger partial charge in [0.15, 0.2) is 0 Å². The summed E-state index contributed by atoms with van der Waals surface area (Å²) in [5, 5.41) is 0. The molecule has 0 saturated carbocycles.